The molecule has 0 aliphatic heterocycles. The summed E-state index contributed by atoms with van der Waals surface area (Å²) in [4.78, 5) is 87.5. The Morgan fingerprint density at radius 1 is 0.458 bits per heavy atom. The molecular formula is C30H48N4O14. The van der Waals surface area contributed by atoms with Crippen LogP contribution < -0.4 is 22.9 Å². The molecule has 0 amide bonds. The molecule has 18 nitrogen and oxygen atoms in total. The van der Waals surface area contributed by atoms with E-state index in [1.165, 1.54) is 20.8 Å². The Bertz CT molecular complexity index is 1040. The molecule has 0 fully saturated rings. The lowest BCUT2D eigenvalue weighted by atomic mass is 9.90. The standard InChI is InChI=1S/C30H48N4O14/c1-5-14-42-25(39)30(4,19-47-26(40)28(2,15-43-21(35)6-10-31)16-44-22(36)7-11-32)20-48-27(41)29(3,17-45-23(37)8-12-33)18-46-24(38)9-13-34/h1H,6-20,31-34H2,2-4H3. The maximum atomic E-state index is 13.3. The zero-order valence-electron chi connectivity index (χ0n) is 27.7. The fraction of sp³-hybridized carbons (Fsp3) is 0.700. The third-order valence-corrected chi connectivity index (χ3v) is 6.41. The Labute approximate surface area is 279 Å². The summed E-state index contributed by atoms with van der Waals surface area (Å²) in [6, 6.07) is 0. The second-order valence-electron chi connectivity index (χ2n) is 11.4. The highest BCUT2D eigenvalue weighted by Gasteiger charge is 2.45. The normalized spacial score (nSPS) is 11.4. The molecule has 0 saturated heterocycles. The molecule has 0 unspecified atom stereocenters. The predicted molar refractivity (Wildman–Crippen MR) is 165 cm³/mol. The lowest BCUT2D eigenvalue weighted by Gasteiger charge is -2.32. The van der Waals surface area contributed by atoms with Gasteiger partial charge in [0.15, 0.2) is 6.61 Å². The van der Waals surface area contributed by atoms with Crippen molar-refractivity contribution in [3.8, 4) is 12.3 Å². The summed E-state index contributed by atoms with van der Waals surface area (Å²) < 4.78 is 36.3. The van der Waals surface area contributed by atoms with Crippen LogP contribution in [0.5, 0.6) is 0 Å². The number of hydrogen-bond acceptors (Lipinski definition) is 18. The number of nitrogens with two attached hydrogens (primary N) is 4. The quantitative estimate of drug-likeness (QED) is 0.0477. The summed E-state index contributed by atoms with van der Waals surface area (Å²) in [6.07, 6.45) is 4.59. The minimum atomic E-state index is -1.89. The van der Waals surface area contributed by atoms with Gasteiger partial charge in [0.2, 0.25) is 0 Å². The Kier molecular flexibility index (Phi) is 20.3. The van der Waals surface area contributed by atoms with Gasteiger partial charge in [0.1, 0.15) is 55.9 Å². The molecule has 0 atom stereocenters. The highest BCUT2D eigenvalue weighted by molar-refractivity contribution is 5.82. The van der Waals surface area contributed by atoms with Gasteiger partial charge in [-0.2, -0.15) is 0 Å². The summed E-state index contributed by atoms with van der Waals surface area (Å²) in [7, 11) is 0. The Hall–Kier alpha value is -4.31. The van der Waals surface area contributed by atoms with Crippen molar-refractivity contribution in [1.29, 1.82) is 0 Å². The van der Waals surface area contributed by atoms with Crippen molar-refractivity contribution >= 4 is 41.8 Å². The average molecular weight is 689 g/mol. The lowest BCUT2D eigenvalue weighted by Crippen LogP contribution is -2.46. The summed E-state index contributed by atoms with van der Waals surface area (Å²) in [6.45, 7) is -0.608. The average Bonchev–Trinajstić information content (AvgIpc) is 3.05. The van der Waals surface area contributed by atoms with Crippen LogP contribution in [-0.2, 0) is 66.7 Å². The van der Waals surface area contributed by atoms with Crippen LogP contribution in [0.1, 0.15) is 46.5 Å². The molecule has 272 valence electrons. The van der Waals surface area contributed by atoms with Gasteiger partial charge in [-0.05, 0) is 20.8 Å². The highest BCUT2D eigenvalue weighted by atomic mass is 16.6. The van der Waals surface area contributed by atoms with Gasteiger partial charge >= 0.3 is 41.8 Å². The van der Waals surface area contributed by atoms with Crippen molar-refractivity contribution in [2.24, 2.45) is 39.2 Å². The zero-order valence-corrected chi connectivity index (χ0v) is 27.7. The smallest absolute Gasteiger partial charge is 0.319 e. The Morgan fingerprint density at radius 3 is 0.917 bits per heavy atom. The Balaban J connectivity index is 6.09. The van der Waals surface area contributed by atoms with Gasteiger partial charge in [-0.1, -0.05) is 5.92 Å². The van der Waals surface area contributed by atoms with Crippen LogP contribution in [0.15, 0.2) is 0 Å². The van der Waals surface area contributed by atoms with Crippen LogP contribution in [0.2, 0.25) is 0 Å². The number of ether oxygens (including phenoxy) is 7. The SMILES string of the molecule is C#CCOC(=O)C(C)(COC(=O)C(C)(COC(=O)CCN)COC(=O)CCN)COC(=O)C(C)(COC(=O)CCN)COC(=O)CCN. The van der Waals surface area contributed by atoms with E-state index >= 15 is 0 Å². The number of carbonyl (C=O) groups excluding carboxylic acids is 7. The maximum absolute atomic E-state index is 13.3. The molecule has 0 saturated carbocycles. The number of rotatable bonds is 24. The molecule has 0 rings (SSSR count). The number of esters is 7. The third kappa shape index (κ3) is 16.0. The van der Waals surface area contributed by atoms with Crippen LogP contribution in [0.4, 0.5) is 0 Å². The molecule has 0 aromatic rings. The van der Waals surface area contributed by atoms with Gasteiger partial charge in [-0.3, -0.25) is 33.6 Å². The van der Waals surface area contributed by atoms with E-state index in [1.54, 1.807) is 0 Å². The van der Waals surface area contributed by atoms with E-state index in [9.17, 15) is 33.6 Å². The molecule has 0 heterocycles. The molecule has 0 aliphatic rings. The van der Waals surface area contributed by atoms with Crippen LogP contribution in [0.3, 0.4) is 0 Å². The van der Waals surface area contributed by atoms with Crippen molar-refractivity contribution in [3.05, 3.63) is 0 Å². The molecule has 48 heavy (non-hydrogen) atoms. The minimum absolute atomic E-state index is 0.0202. The number of terminal acetylenes is 1. The van der Waals surface area contributed by atoms with Crippen LogP contribution in [0, 0.1) is 28.6 Å². The summed E-state index contributed by atoms with van der Waals surface area (Å²) in [5.41, 5.74) is 16.0. The molecule has 0 aliphatic carbocycles. The summed E-state index contributed by atoms with van der Waals surface area (Å²) >= 11 is 0. The van der Waals surface area contributed by atoms with Crippen molar-refractivity contribution < 1.29 is 66.7 Å². The Morgan fingerprint density at radius 2 is 0.688 bits per heavy atom. The summed E-state index contributed by atoms with van der Waals surface area (Å²) in [5, 5.41) is 0. The first-order valence-corrected chi connectivity index (χ1v) is 14.9. The van der Waals surface area contributed by atoms with Gasteiger partial charge in [0, 0.05) is 26.2 Å². The van der Waals surface area contributed by atoms with Gasteiger partial charge < -0.3 is 56.1 Å². The van der Waals surface area contributed by atoms with E-state index in [2.05, 4.69) is 5.92 Å². The van der Waals surface area contributed by atoms with Crippen LogP contribution in [0.25, 0.3) is 0 Å². The molecule has 0 aromatic heterocycles. The largest absolute Gasteiger partial charge is 0.464 e. The first-order chi connectivity index (χ1) is 22.6. The van der Waals surface area contributed by atoms with E-state index in [1.807, 2.05) is 0 Å². The molecular weight excluding hydrogens is 640 g/mol. The van der Waals surface area contributed by atoms with Crippen molar-refractivity contribution in [1.82, 2.24) is 0 Å². The van der Waals surface area contributed by atoms with Crippen molar-refractivity contribution in [2.45, 2.75) is 46.5 Å². The van der Waals surface area contributed by atoms with Gasteiger partial charge in [-0.15, -0.1) is 6.42 Å². The monoisotopic (exact) mass is 688 g/mol. The zero-order chi connectivity index (χ0) is 36.8. The first kappa shape index (κ1) is 43.7. The molecule has 8 N–H and O–H groups in total. The lowest BCUT2D eigenvalue weighted by molar-refractivity contribution is -0.181. The van der Waals surface area contributed by atoms with Gasteiger partial charge in [0.25, 0.3) is 0 Å². The van der Waals surface area contributed by atoms with E-state index in [-0.39, 0.29) is 51.9 Å². The third-order valence-electron chi connectivity index (χ3n) is 6.41. The van der Waals surface area contributed by atoms with Crippen LogP contribution in [-0.4, -0.2) is 114 Å². The fourth-order valence-corrected chi connectivity index (χ4v) is 3.28. The molecule has 0 aromatic carbocycles. The second-order valence-corrected chi connectivity index (χ2v) is 11.4. The predicted octanol–water partition coefficient (Wildman–Crippen LogP) is -2.16. The highest BCUT2D eigenvalue weighted by Crippen LogP contribution is 2.28. The summed E-state index contributed by atoms with van der Waals surface area (Å²) in [5.74, 6) is -3.97. The molecule has 0 spiro atoms. The van der Waals surface area contributed by atoms with E-state index in [4.69, 9.17) is 62.5 Å². The first-order valence-electron chi connectivity index (χ1n) is 14.9. The van der Waals surface area contributed by atoms with E-state index < -0.39 is 104 Å². The van der Waals surface area contributed by atoms with Crippen LogP contribution >= 0.6 is 0 Å². The topological polar surface area (TPSA) is 288 Å². The fourth-order valence-electron chi connectivity index (χ4n) is 3.28. The number of carbonyl (C=O) groups is 7. The van der Waals surface area contributed by atoms with Crippen molar-refractivity contribution in [3.63, 3.8) is 0 Å². The van der Waals surface area contributed by atoms with E-state index in [0.29, 0.717) is 0 Å². The minimum Gasteiger partial charge on any atom is -0.464 e. The molecule has 0 bridgehead atoms. The van der Waals surface area contributed by atoms with Crippen molar-refractivity contribution in [2.75, 3.05) is 72.4 Å². The van der Waals surface area contributed by atoms with Gasteiger partial charge in [-0.25, -0.2) is 0 Å². The number of hydrogen-bond donors (Lipinski definition) is 4. The molecule has 18 heteroatoms. The van der Waals surface area contributed by atoms with Gasteiger partial charge in [0.05, 0.1) is 25.7 Å². The molecule has 0 radical (unpaired) electrons. The van der Waals surface area contributed by atoms with E-state index in [0.717, 1.165) is 0 Å². The second kappa shape index (κ2) is 22.3. The maximum Gasteiger partial charge on any atom is 0.319 e.